The van der Waals surface area contributed by atoms with Crippen molar-refractivity contribution >= 4 is 5.97 Å². The Hall–Kier alpha value is -4.18. The van der Waals surface area contributed by atoms with Crippen LogP contribution in [-0.4, -0.2) is 16.1 Å². The molecule has 6 rings (SSSR count). The molecule has 3 aromatic carbocycles. The molecule has 0 saturated heterocycles. The van der Waals surface area contributed by atoms with Gasteiger partial charge in [-0.1, -0.05) is 97.1 Å². The summed E-state index contributed by atoms with van der Waals surface area (Å²) in [5, 5.41) is 9.36. The summed E-state index contributed by atoms with van der Waals surface area (Å²) in [5.74, 6) is 0.697. The van der Waals surface area contributed by atoms with Gasteiger partial charge in [0.05, 0.1) is 5.92 Å². The molecule has 4 aromatic rings. The van der Waals surface area contributed by atoms with Gasteiger partial charge in [0.1, 0.15) is 11.5 Å². The molecule has 0 aliphatic heterocycles. The molecule has 172 valence electrons. The minimum absolute atomic E-state index is 0.0868. The minimum atomic E-state index is -0.715. The van der Waals surface area contributed by atoms with Crippen LogP contribution in [0.3, 0.4) is 0 Å². The van der Waals surface area contributed by atoms with Crippen molar-refractivity contribution in [1.29, 1.82) is 0 Å². The number of carbonyl (C=O) groups is 1. The van der Waals surface area contributed by atoms with Crippen LogP contribution in [0.4, 0.5) is 0 Å². The largest absolute Gasteiger partial charge is 0.481 e. The van der Waals surface area contributed by atoms with E-state index in [4.69, 9.17) is 9.40 Å². The predicted octanol–water partition coefficient (Wildman–Crippen LogP) is 7.46. The number of hydrogen-bond acceptors (Lipinski definition) is 3. The third-order valence-electron chi connectivity index (χ3n) is 6.91. The Morgan fingerprint density at radius 2 is 1.66 bits per heavy atom. The maximum Gasteiger partial charge on any atom is 0.307 e. The summed E-state index contributed by atoms with van der Waals surface area (Å²) >= 11 is 0. The second-order valence-corrected chi connectivity index (χ2v) is 9.21. The second-order valence-electron chi connectivity index (χ2n) is 9.21. The van der Waals surface area contributed by atoms with Crippen LogP contribution in [0, 0.1) is 5.92 Å². The lowest BCUT2D eigenvalue weighted by molar-refractivity contribution is -0.138. The van der Waals surface area contributed by atoms with E-state index in [1.165, 1.54) is 0 Å². The number of aliphatic carboxylic acids is 1. The first-order valence-corrected chi connectivity index (χ1v) is 12.0. The van der Waals surface area contributed by atoms with Crippen molar-refractivity contribution in [1.82, 2.24) is 4.98 Å². The number of carboxylic acids is 1. The van der Waals surface area contributed by atoms with Crippen molar-refractivity contribution < 1.29 is 14.3 Å². The van der Waals surface area contributed by atoms with E-state index >= 15 is 0 Å². The summed E-state index contributed by atoms with van der Waals surface area (Å²) in [6.07, 6.45) is 10.0. The zero-order valence-electron chi connectivity index (χ0n) is 19.2. The zero-order chi connectivity index (χ0) is 23.8. The number of benzene rings is 3. The Bertz CT molecular complexity index is 1450. The summed E-state index contributed by atoms with van der Waals surface area (Å²) in [4.78, 5) is 16.4. The molecule has 1 N–H and O–H groups in total. The van der Waals surface area contributed by atoms with Gasteiger partial charge >= 0.3 is 5.97 Å². The van der Waals surface area contributed by atoms with Crippen LogP contribution >= 0.6 is 0 Å². The van der Waals surface area contributed by atoms with E-state index in [0.29, 0.717) is 12.3 Å². The van der Waals surface area contributed by atoms with Crippen LogP contribution in [0.2, 0.25) is 0 Å². The Kier molecular flexibility index (Phi) is 5.42. The highest BCUT2D eigenvalue weighted by Gasteiger charge is 2.44. The molecule has 1 aromatic heterocycles. The molecule has 0 spiro atoms. The van der Waals surface area contributed by atoms with Gasteiger partial charge in [0.25, 0.3) is 0 Å². The van der Waals surface area contributed by atoms with Crippen molar-refractivity contribution in [2.45, 2.75) is 24.7 Å². The highest BCUT2D eigenvalue weighted by atomic mass is 16.4. The number of hydrogen-bond donors (Lipinski definition) is 1. The first kappa shape index (κ1) is 21.4. The fourth-order valence-corrected chi connectivity index (χ4v) is 4.97. The fourth-order valence-electron chi connectivity index (χ4n) is 4.97. The first-order valence-electron chi connectivity index (χ1n) is 12.0. The second kappa shape index (κ2) is 8.88. The number of aromatic nitrogens is 1. The standard InChI is InChI=1S/C31H25NO3/c33-31(34)27-19-26(27)23-15-9-14-22(18-23)24-16-7-8-17-25(24)30-32-28(20-10-3-1-4-11-20)29(35-30)21-12-5-2-6-13-21/h1-12,14-18,21,26-27H,13,19H2,(H,33,34). The maximum absolute atomic E-state index is 11.4. The van der Waals surface area contributed by atoms with Crippen LogP contribution < -0.4 is 0 Å². The van der Waals surface area contributed by atoms with E-state index in [0.717, 1.165) is 45.7 Å². The molecule has 4 heteroatoms. The molecule has 3 atom stereocenters. The normalized spacial score (nSPS) is 20.6. The van der Waals surface area contributed by atoms with Gasteiger partial charge in [-0.3, -0.25) is 4.79 Å². The van der Waals surface area contributed by atoms with Gasteiger partial charge < -0.3 is 9.52 Å². The number of carboxylic acid groups (broad SMARTS) is 1. The molecular formula is C31H25NO3. The van der Waals surface area contributed by atoms with Gasteiger partial charge in [0, 0.05) is 17.0 Å². The fraction of sp³-hybridized carbons (Fsp3) is 0.161. The molecule has 0 amide bonds. The molecule has 0 bridgehead atoms. The zero-order valence-corrected chi connectivity index (χ0v) is 19.2. The molecule has 35 heavy (non-hydrogen) atoms. The van der Waals surface area contributed by atoms with Crippen LogP contribution in [0.25, 0.3) is 33.8 Å². The number of allylic oxidation sites excluding steroid dienone is 4. The van der Waals surface area contributed by atoms with Gasteiger partial charge in [0.15, 0.2) is 0 Å². The van der Waals surface area contributed by atoms with Gasteiger partial charge in [0.2, 0.25) is 5.89 Å². The van der Waals surface area contributed by atoms with E-state index < -0.39 is 5.97 Å². The van der Waals surface area contributed by atoms with E-state index in [2.05, 4.69) is 54.6 Å². The van der Waals surface area contributed by atoms with Crippen molar-refractivity contribution in [2.24, 2.45) is 5.92 Å². The van der Waals surface area contributed by atoms with Crippen LogP contribution in [0.1, 0.15) is 36.0 Å². The summed E-state index contributed by atoms with van der Waals surface area (Å²) in [6.45, 7) is 0. The highest BCUT2D eigenvalue weighted by molar-refractivity contribution is 5.82. The third-order valence-corrected chi connectivity index (χ3v) is 6.91. The Balaban J connectivity index is 1.43. The van der Waals surface area contributed by atoms with Gasteiger partial charge in [-0.2, -0.15) is 0 Å². The van der Waals surface area contributed by atoms with E-state index in [1.54, 1.807) is 0 Å². The lowest BCUT2D eigenvalue weighted by atomic mass is 9.95. The van der Waals surface area contributed by atoms with E-state index in [9.17, 15) is 9.90 Å². The molecular weight excluding hydrogens is 434 g/mol. The average molecular weight is 460 g/mol. The number of nitrogens with zero attached hydrogens (tertiary/aromatic N) is 1. The van der Waals surface area contributed by atoms with E-state index in [1.807, 2.05) is 48.5 Å². The summed E-state index contributed by atoms with van der Waals surface area (Å²) < 4.78 is 6.52. The average Bonchev–Trinajstić information content (AvgIpc) is 3.61. The molecule has 2 aliphatic rings. The predicted molar refractivity (Wildman–Crippen MR) is 137 cm³/mol. The Morgan fingerprint density at radius 3 is 2.40 bits per heavy atom. The molecule has 0 radical (unpaired) electrons. The number of rotatable bonds is 6. The first-order chi connectivity index (χ1) is 17.2. The summed E-state index contributed by atoms with van der Waals surface area (Å²) in [7, 11) is 0. The van der Waals surface area contributed by atoms with Crippen molar-refractivity contribution in [2.75, 3.05) is 0 Å². The molecule has 1 heterocycles. The summed E-state index contributed by atoms with van der Waals surface area (Å²) in [5.41, 5.74) is 5.96. The lowest BCUT2D eigenvalue weighted by Gasteiger charge is -2.12. The van der Waals surface area contributed by atoms with E-state index in [-0.39, 0.29) is 17.8 Å². The summed E-state index contributed by atoms with van der Waals surface area (Å²) in [6, 6.07) is 26.5. The van der Waals surface area contributed by atoms with Crippen LogP contribution in [0.5, 0.6) is 0 Å². The van der Waals surface area contributed by atoms with Crippen LogP contribution in [-0.2, 0) is 4.79 Å². The maximum atomic E-state index is 11.4. The smallest absolute Gasteiger partial charge is 0.307 e. The molecule has 4 nitrogen and oxygen atoms in total. The molecule has 1 fully saturated rings. The highest BCUT2D eigenvalue weighted by Crippen LogP contribution is 2.48. The number of oxazole rings is 1. The van der Waals surface area contributed by atoms with Crippen molar-refractivity contribution in [3.63, 3.8) is 0 Å². The van der Waals surface area contributed by atoms with Gasteiger partial charge in [-0.15, -0.1) is 0 Å². The van der Waals surface area contributed by atoms with Gasteiger partial charge in [-0.05, 0) is 41.5 Å². The Morgan fingerprint density at radius 1 is 0.886 bits per heavy atom. The third kappa shape index (κ3) is 4.12. The van der Waals surface area contributed by atoms with Gasteiger partial charge in [-0.25, -0.2) is 4.98 Å². The Labute approximate surface area is 204 Å². The van der Waals surface area contributed by atoms with Crippen molar-refractivity contribution in [3.05, 3.63) is 114 Å². The molecule has 2 aliphatic carbocycles. The van der Waals surface area contributed by atoms with Crippen molar-refractivity contribution in [3.8, 4) is 33.8 Å². The van der Waals surface area contributed by atoms with Crippen LogP contribution in [0.15, 0.2) is 108 Å². The monoisotopic (exact) mass is 459 g/mol. The SMILES string of the molecule is O=C(O)C1CC1c1cccc(-c2ccccc2-c2nc(-c3ccccc3)c(C3C=CC=CC3)o2)c1. The molecule has 1 saturated carbocycles. The minimum Gasteiger partial charge on any atom is -0.481 e. The lowest BCUT2D eigenvalue weighted by Crippen LogP contribution is -1.99. The molecule has 3 unspecified atom stereocenters. The quantitative estimate of drug-likeness (QED) is 0.325. The topological polar surface area (TPSA) is 63.3 Å².